The molecule has 0 spiro atoms. The Morgan fingerprint density at radius 2 is 0.985 bits per heavy atom. The number of fused-ring (bicyclic) bond motifs is 2. The fourth-order valence-corrected chi connectivity index (χ4v) is 8.66. The van der Waals surface area contributed by atoms with Gasteiger partial charge in [-0.25, -0.2) is 27.2 Å². The van der Waals surface area contributed by atoms with Gasteiger partial charge in [-0.3, -0.25) is 0 Å². The number of nitrogens with one attached hydrogen (secondary N) is 2. The van der Waals surface area contributed by atoms with Crippen LogP contribution in [0.1, 0.15) is 84.5 Å². The second-order valence-corrected chi connectivity index (χ2v) is 17.2. The van der Waals surface area contributed by atoms with Crippen molar-refractivity contribution in [3.63, 3.8) is 0 Å². The fraction of sp³-hybridized carbons (Fsp3) is 0.222. The van der Waals surface area contributed by atoms with Gasteiger partial charge in [-0.2, -0.15) is 0 Å². The lowest BCUT2D eigenvalue weighted by Gasteiger charge is -2.33. The molecular formula is C54H50F4N2O6. The van der Waals surface area contributed by atoms with E-state index in [4.69, 9.17) is 18.9 Å². The van der Waals surface area contributed by atoms with E-state index in [0.29, 0.717) is 22.6 Å². The SMILES string of the molecule is COc1cc(F)ccc1-c1ccc2c(c1COC(=O)c1cccc(F)c1)C(C)=CC(C)(C)N2.COc1cc(F)ccc1-c1ccc2c(c1COC(=O)c1ccccc1F)C(C)=CC(C)(C)N2. The van der Waals surface area contributed by atoms with Crippen LogP contribution in [-0.4, -0.2) is 37.2 Å². The van der Waals surface area contributed by atoms with Crippen LogP contribution in [-0.2, 0) is 22.7 Å². The number of anilines is 2. The summed E-state index contributed by atoms with van der Waals surface area (Å²) in [7, 11) is 2.96. The van der Waals surface area contributed by atoms with Gasteiger partial charge in [0.25, 0.3) is 0 Å². The van der Waals surface area contributed by atoms with E-state index in [1.54, 1.807) is 18.2 Å². The molecule has 0 fully saturated rings. The van der Waals surface area contributed by atoms with Crippen LogP contribution in [0.5, 0.6) is 11.5 Å². The van der Waals surface area contributed by atoms with Crippen molar-refractivity contribution in [3.05, 3.63) is 178 Å². The van der Waals surface area contributed by atoms with E-state index in [0.717, 1.165) is 62.0 Å². The highest BCUT2D eigenvalue weighted by atomic mass is 19.1. The van der Waals surface area contributed by atoms with Gasteiger partial charge in [-0.05, 0) is 131 Å². The third-order valence-corrected chi connectivity index (χ3v) is 11.2. The van der Waals surface area contributed by atoms with Crippen LogP contribution >= 0.6 is 0 Å². The van der Waals surface area contributed by atoms with E-state index in [9.17, 15) is 27.2 Å². The number of carbonyl (C=O) groups excluding carboxylic acids is 2. The summed E-state index contributed by atoms with van der Waals surface area (Å²) >= 11 is 0. The third-order valence-electron chi connectivity index (χ3n) is 11.2. The van der Waals surface area contributed by atoms with Gasteiger partial charge in [0, 0.05) is 56.9 Å². The van der Waals surface area contributed by atoms with Gasteiger partial charge in [0.2, 0.25) is 0 Å². The lowest BCUT2D eigenvalue weighted by Crippen LogP contribution is -2.32. The molecule has 0 radical (unpaired) electrons. The van der Waals surface area contributed by atoms with Gasteiger partial charge < -0.3 is 29.6 Å². The van der Waals surface area contributed by atoms with Crippen molar-refractivity contribution in [1.29, 1.82) is 0 Å². The molecule has 8 nitrogen and oxygen atoms in total. The minimum Gasteiger partial charge on any atom is -0.496 e. The van der Waals surface area contributed by atoms with Crippen LogP contribution in [0.3, 0.4) is 0 Å². The maximum atomic E-state index is 14.1. The average molecular weight is 899 g/mol. The van der Waals surface area contributed by atoms with Gasteiger partial charge in [-0.1, -0.05) is 42.5 Å². The first-order valence-electron chi connectivity index (χ1n) is 21.2. The van der Waals surface area contributed by atoms with E-state index in [-0.39, 0.29) is 35.4 Å². The van der Waals surface area contributed by atoms with E-state index < -0.39 is 35.2 Å². The van der Waals surface area contributed by atoms with Crippen LogP contribution < -0.4 is 20.1 Å². The molecule has 0 aliphatic carbocycles. The summed E-state index contributed by atoms with van der Waals surface area (Å²) in [6.45, 7) is 12.1. The average Bonchev–Trinajstić information content (AvgIpc) is 3.26. The Hall–Kier alpha value is -7.34. The molecule has 6 aromatic carbocycles. The molecular weight excluding hydrogens is 849 g/mol. The predicted molar refractivity (Wildman–Crippen MR) is 251 cm³/mol. The Balaban J connectivity index is 0.000000196. The van der Waals surface area contributed by atoms with Crippen molar-refractivity contribution in [3.8, 4) is 33.8 Å². The summed E-state index contributed by atoms with van der Waals surface area (Å²) in [6.07, 6.45) is 4.21. The van der Waals surface area contributed by atoms with Crippen molar-refractivity contribution in [2.45, 2.75) is 65.8 Å². The van der Waals surface area contributed by atoms with Gasteiger partial charge in [0.05, 0.1) is 36.4 Å². The Kier molecular flexibility index (Phi) is 13.4. The largest absolute Gasteiger partial charge is 0.496 e. The lowest BCUT2D eigenvalue weighted by molar-refractivity contribution is 0.0461. The Labute approximate surface area is 381 Å². The quantitative estimate of drug-likeness (QED) is 0.104. The molecule has 2 heterocycles. The molecule has 2 N–H and O–H groups in total. The number of hydrogen-bond acceptors (Lipinski definition) is 8. The van der Waals surface area contributed by atoms with Crippen molar-refractivity contribution in [2.75, 3.05) is 24.9 Å². The smallest absolute Gasteiger partial charge is 0.341 e. The standard InChI is InChI=1S/2C27H25F2NO3/c1-16-14-27(2,3)30-23-11-10-20(21-9-8-19(29)13-24(21)32-4)22(25(16)23)15-33-26(31)17-6-5-7-18(28)12-17;1-16-14-27(2,3)30-23-12-11-18(19-10-9-17(28)13-24(19)32-4)21(25(16)23)15-33-26(31)20-7-5-6-8-22(20)29/h2*5-14,30H,15H2,1-4H3. The molecule has 66 heavy (non-hydrogen) atoms. The summed E-state index contributed by atoms with van der Waals surface area (Å²) in [5.74, 6) is -2.63. The first-order valence-corrected chi connectivity index (χ1v) is 21.2. The topological polar surface area (TPSA) is 95.1 Å². The maximum Gasteiger partial charge on any atom is 0.341 e. The second-order valence-electron chi connectivity index (χ2n) is 17.2. The molecule has 2 aliphatic rings. The van der Waals surface area contributed by atoms with Gasteiger partial charge in [0.15, 0.2) is 0 Å². The zero-order valence-corrected chi connectivity index (χ0v) is 37.9. The predicted octanol–water partition coefficient (Wildman–Crippen LogP) is 13.2. The van der Waals surface area contributed by atoms with Gasteiger partial charge >= 0.3 is 11.9 Å². The monoisotopic (exact) mass is 898 g/mol. The molecule has 8 rings (SSSR count). The first-order chi connectivity index (χ1) is 31.4. The molecule has 0 aromatic heterocycles. The first kappa shape index (κ1) is 46.6. The number of benzene rings is 6. The Morgan fingerprint density at radius 3 is 1.45 bits per heavy atom. The van der Waals surface area contributed by atoms with Crippen LogP contribution in [0.15, 0.2) is 121 Å². The molecule has 12 heteroatoms. The number of halogens is 4. The molecule has 6 aromatic rings. The lowest BCUT2D eigenvalue weighted by atomic mass is 9.85. The van der Waals surface area contributed by atoms with E-state index in [1.807, 2.05) is 38.1 Å². The number of carbonyl (C=O) groups is 2. The van der Waals surface area contributed by atoms with E-state index >= 15 is 0 Å². The maximum absolute atomic E-state index is 14.1. The fourth-order valence-electron chi connectivity index (χ4n) is 8.66. The number of allylic oxidation sites excluding steroid dienone is 2. The van der Waals surface area contributed by atoms with Crippen LogP contribution in [0, 0.1) is 23.3 Å². The highest BCUT2D eigenvalue weighted by molar-refractivity contribution is 5.93. The molecule has 2 aliphatic heterocycles. The van der Waals surface area contributed by atoms with E-state index in [2.05, 4.69) is 50.5 Å². The number of esters is 2. The van der Waals surface area contributed by atoms with E-state index in [1.165, 1.54) is 74.9 Å². The summed E-state index contributed by atoms with van der Waals surface area (Å²) in [5, 5.41) is 6.98. The highest BCUT2D eigenvalue weighted by Gasteiger charge is 2.29. The zero-order valence-electron chi connectivity index (χ0n) is 37.9. The summed E-state index contributed by atoms with van der Waals surface area (Å²) in [4.78, 5) is 25.3. The third kappa shape index (κ3) is 10.1. The van der Waals surface area contributed by atoms with Crippen LogP contribution in [0.4, 0.5) is 28.9 Å². The number of methoxy groups -OCH3 is 2. The molecule has 0 saturated heterocycles. The van der Waals surface area contributed by atoms with Crippen molar-refractivity contribution in [2.24, 2.45) is 0 Å². The normalized spacial score (nSPS) is 14.1. The Morgan fingerprint density at radius 1 is 0.530 bits per heavy atom. The van der Waals surface area contributed by atoms with Gasteiger partial charge in [0.1, 0.15) is 48.0 Å². The van der Waals surface area contributed by atoms with Gasteiger partial charge in [-0.15, -0.1) is 0 Å². The minimum atomic E-state index is -0.756. The Bertz CT molecular complexity index is 2920. The number of rotatable bonds is 10. The second kappa shape index (κ2) is 19.0. The van der Waals surface area contributed by atoms with Crippen molar-refractivity contribution in [1.82, 2.24) is 0 Å². The molecule has 0 atom stereocenters. The summed E-state index contributed by atoms with van der Waals surface area (Å²) in [5.41, 5.74) is 9.42. The van der Waals surface area contributed by atoms with Crippen molar-refractivity contribution >= 4 is 34.5 Å². The minimum absolute atomic E-state index is 0.0539. The van der Waals surface area contributed by atoms with Crippen LogP contribution in [0.25, 0.3) is 33.4 Å². The zero-order chi connectivity index (χ0) is 47.5. The molecule has 0 saturated carbocycles. The summed E-state index contributed by atoms with van der Waals surface area (Å²) < 4.78 is 77.4. The molecule has 0 amide bonds. The van der Waals surface area contributed by atoms with Crippen molar-refractivity contribution < 1.29 is 46.1 Å². The molecule has 0 bridgehead atoms. The van der Waals surface area contributed by atoms with Crippen LogP contribution in [0.2, 0.25) is 0 Å². The molecule has 340 valence electrons. The summed E-state index contributed by atoms with van der Waals surface area (Å²) in [6, 6.07) is 27.4. The molecule has 0 unspecified atom stereocenters. The number of hydrogen-bond donors (Lipinski definition) is 2. The highest BCUT2D eigenvalue weighted by Crippen LogP contribution is 2.45. The number of ether oxygens (including phenoxy) is 4.